The zero-order chi connectivity index (χ0) is 21.0. The summed E-state index contributed by atoms with van der Waals surface area (Å²) < 4.78 is 11.6. The Morgan fingerprint density at radius 2 is 2.10 bits per heavy atom. The summed E-state index contributed by atoms with van der Waals surface area (Å²) in [5, 5.41) is 5.80. The van der Waals surface area contributed by atoms with Gasteiger partial charge in [0.05, 0.1) is 16.7 Å². The fourth-order valence-electron chi connectivity index (χ4n) is 2.56. The van der Waals surface area contributed by atoms with Crippen LogP contribution in [-0.4, -0.2) is 37.4 Å². The lowest BCUT2D eigenvalue weighted by Gasteiger charge is -2.10. The molecule has 10 heteroatoms. The molecule has 9 nitrogen and oxygen atoms in total. The number of hydrogen-bond donors (Lipinski definition) is 1. The number of rotatable bonds is 7. The standard InChI is InChI=1S/C19H20N4O5S/c1-11-5-4-6-16-20-14(8-17(24)23(11)16)9-27-18(25)10-29-13(3)19(26)21-15-7-12(2)28-22-15/h4-8,13H,9-10H2,1-3H3,(H,21,22,26)/t13-/m1/s1. The smallest absolute Gasteiger partial charge is 0.316 e. The first-order chi connectivity index (χ1) is 13.8. The molecule has 0 radical (unpaired) electrons. The number of thioether (sulfide) groups is 1. The highest BCUT2D eigenvalue weighted by Gasteiger charge is 2.17. The zero-order valence-electron chi connectivity index (χ0n) is 16.2. The van der Waals surface area contributed by atoms with Crippen molar-refractivity contribution in [2.24, 2.45) is 0 Å². The van der Waals surface area contributed by atoms with Gasteiger partial charge in [0.1, 0.15) is 18.0 Å². The molecule has 0 saturated carbocycles. The maximum absolute atomic E-state index is 12.2. The second-order valence-electron chi connectivity index (χ2n) is 6.37. The van der Waals surface area contributed by atoms with Crippen LogP contribution in [0.5, 0.6) is 0 Å². The van der Waals surface area contributed by atoms with Gasteiger partial charge in [-0.1, -0.05) is 11.2 Å². The minimum atomic E-state index is -0.502. The van der Waals surface area contributed by atoms with E-state index in [0.29, 0.717) is 22.9 Å². The van der Waals surface area contributed by atoms with Gasteiger partial charge in [-0.2, -0.15) is 0 Å². The van der Waals surface area contributed by atoms with Crippen LogP contribution in [0.3, 0.4) is 0 Å². The molecule has 0 unspecified atom stereocenters. The monoisotopic (exact) mass is 416 g/mol. The van der Waals surface area contributed by atoms with Crippen LogP contribution in [0, 0.1) is 13.8 Å². The normalized spacial score (nSPS) is 12.0. The largest absolute Gasteiger partial charge is 0.459 e. The average Bonchev–Trinajstić information content (AvgIpc) is 3.08. The maximum atomic E-state index is 12.2. The van der Waals surface area contributed by atoms with Crippen molar-refractivity contribution >= 4 is 35.1 Å². The molecule has 3 aromatic heterocycles. The van der Waals surface area contributed by atoms with Crippen LogP contribution in [0.2, 0.25) is 0 Å². The molecule has 3 rings (SSSR count). The minimum Gasteiger partial charge on any atom is -0.459 e. The quantitative estimate of drug-likeness (QED) is 0.582. The molecule has 1 atom stereocenters. The molecule has 3 heterocycles. The molecule has 1 N–H and O–H groups in total. The number of amides is 1. The van der Waals surface area contributed by atoms with Crippen molar-refractivity contribution in [3.05, 3.63) is 57.8 Å². The lowest BCUT2D eigenvalue weighted by Crippen LogP contribution is -2.24. The first kappa shape index (κ1) is 20.6. The summed E-state index contributed by atoms with van der Waals surface area (Å²) in [6.07, 6.45) is 0. The SMILES string of the molecule is Cc1cc(NC(=O)[C@@H](C)SCC(=O)OCc2cc(=O)n3c(C)cccc3n2)no1. The Kier molecular flexibility index (Phi) is 6.32. The fourth-order valence-corrected chi connectivity index (χ4v) is 3.24. The molecule has 29 heavy (non-hydrogen) atoms. The first-order valence-electron chi connectivity index (χ1n) is 8.83. The summed E-state index contributed by atoms with van der Waals surface area (Å²) in [4.78, 5) is 40.7. The van der Waals surface area contributed by atoms with Crippen LogP contribution in [-0.2, 0) is 20.9 Å². The summed E-state index contributed by atoms with van der Waals surface area (Å²) >= 11 is 1.13. The van der Waals surface area contributed by atoms with Crippen molar-refractivity contribution in [1.29, 1.82) is 0 Å². The number of aryl methyl sites for hydroxylation is 2. The number of fused-ring (bicyclic) bond motifs is 1. The Morgan fingerprint density at radius 1 is 1.31 bits per heavy atom. The summed E-state index contributed by atoms with van der Waals surface area (Å²) in [7, 11) is 0. The van der Waals surface area contributed by atoms with Gasteiger partial charge in [0.25, 0.3) is 5.56 Å². The molecule has 0 aromatic carbocycles. The highest BCUT2D eigenvalue weighted by molar-refractivity contribution is 8.01. The van der Waals surface area contributed by atoms with Gasteiger partial charge >= 0.3 is 5.97 Å². The van der Waals surface area contributed by atoms with Gasteiger partial charge in [0, 0.05) is 17.8 Å². The van der Waals surface area contributed by atoms with Gasteiger partial charge in [-0.05, 0) is 32.9 Å². The van der Waals surface area contributed by atoms with Crippen molar-refractivity contribution in [2.45, 2.75) is 32.6 Å². The molecule has 152 valence electrons. The van der Waals surface area contributed by atoms with Crippen molar-refractivity contribution in [3.63, 3.8) is 0 Å². The van der Waals surface area contributed by atoms with Gasteiger partial charge in [-0.15, -0.1) is 11.8 Å². The highest BCUT2D eigenvalue weighted by Crippen LogP contribution is 2.15. The number of ether oxygens (including phenoxy) is 1. The molecule has 0 aliphatic carbocycles. The van der Waals surface area contributed by atoms with E-state index in [0.717, 1.165) is 17.5 Å². The summed E-state index contributed by atoms with van der Waals surface area (Å²) in [5.74, 6) is 0.0968. The Morgan fingerprint density at radius 3 is 2.83 bits per heavy atom. The van der Waals surface area contributed by atoms with Gasteiger partial charge < -0.3 is 14.6 Å². The minimum absolute atomic E-state index is 0.0158. The van der Waals surface area contributed by atoms with Crippen molar-refractivity contribution in [3.8, 4) is 0 Å². The number of esters is 1. The van der Waals surface area contributed by atoms with Crippen LogP contribution >= 0.6 is 11.8 Å². The summed E-state index contributed by atoms with van der Waals surface area (Å²) in [6, 6.07) is 8.28. The van der Waals surface area contributed by atoms with E-state index in [9.17, 15) is 14.4 Å². The van der Waals surface area contributed by atoms with E-state index in [1.54, 1.807) is 32.0 Å². The van der Waals surface area contributed by atoms with Crippen LogP contribution < -0.4 is 10.9 Å². The van der Waals surface area contributed by atoms with Crippen LogP contribution in [0.4, 0.5) is 5.82 Å². The number of anilines is 1. The number of aromatic nitrogens is 3. The van der Waals surface area contributed by atoms with Gasteiger partial charge in [-0.25, -0.2) is 4.98 Å². The lowest BCUT2D eigenvalue weighted by atomic mass is 10.3. The van der Waals surface area contributed by atoms with Gasteiger partial charge in [0.15, 0.2) is 5.82 Å². The second kappa shape index (κ2) is 8.91. The maximum Gasteiger partial charge on any atom is 0.316 e. The summed E-state index contributed by atoms with van der Waals surface area (Å²) in [5.41, 5.74) is 1.40. The van der Waals surface area contributed by atoms with Gasteiger partial charge in [-0.3, -0.25) is 18.8 Å². The molecule has 0 aliphatic rings. The van der Waals surface area contributed by atoms with Crippen molar-refractivity contribution in [2.75, 3.05) is 11.1 Å². The van der Waals surface area contributed by atoms with Crippen LogP contribution in [0.25, 0.3) is 5.65 Å². The Balaban J connectivity index is 1.50. The number of hydrogen-bond acceptors (Lipinski definition) is 8. The molecular formula is C19H20N4O5S. The second-order valence-corrected chi connectivity index (χ2v) is 7.70. The lowest BCUT2D eigenvalue weighted by molar-refractivity contribution is -0.141. The van der Waals surface area contributed by atoms with Crippen LogP contribution in [0.15, 0.2) is 39.6 Å². The Bertz CT molecular complexity index is 1110. The van der Waals surface area contributed by atoms with E-state index in [-0.39, 0.29) is 23.8 Å². The predicted octanol–water partition coefficient (Wildman–Crippen LogP) is 2.10. The molecule has 0 spiro atoms. The number of carbonyl (C=O) groups is 2. The number of carbonyl (C=O) groups excluding carboxylic acids is 2. The summed E-state index contributed by atoms with van der Waals surface area (Å²) in [6.45, 7) is 5.09. The van der Waals surface area contributed by atoms with E-state index < -0.39 is 11.2 Å². The predicted molar refractivity (Wildman–Crippen MR) is 108 cm³/mol. The van der Waals surface area contributed by atoms with E-state index in [1.165, 1.54) is 10.5 Å². The molecule has 0 aliphatic heterocycles. The molecule has 0 fully saturated rings. The third-order valence-corrected chi connectivity index (χ3v) is 5.13. The topological polar surface area (TPSA) is 116 Å². The highest BCUT2D eigenvalue weighted by atomic mass is 32.2. The van der Waals surface area contributed by atoms with E-state index >= 15 is 0 Å². The molecule has 3 aromatic rings. The zero-order valence-corrected chi connectivity index (χ0v) is 17.0. The first-order valence-corrected chi connectivity index (χ1v) is 9.88. The molecule has 0 saturated heterocycles. The Hall–Kier alpha value is -3.14. The third kappa shape index (κ3) is 5.23. The van der Waals surface area contributed by atoms with Crippen molar-refractivity contribution < 1.29 is 18.8 Å². The van der Waals surface area contributed by atoms with Crippen LogP contribution in [0.1, 0.15) is 24.1 Å². The average molecular weight is 416 g/mol. The number of nitrogens with zero attached hydrogens (tertiary/aromatic N) is 3. The Labute approximate surface area is 170 Å². The van der Waals surface area contributed by atoms with E-state index in [2.05, 4.69) is 15.5 Å². The molecule has 0 bridgehead atoms. The third-order valence-electron chi connectivity index (χ3n) is 4.01. The van der Waals surface area contributed by atoms with E-state index in [1.807, 2.05) is 13.0 Å². The fraction of sp³-hybridized carbons (Fsp3) is 0.316. The number of nitrogens with one attached hydrogen (secondary N) is 1. The van der Waals surface area contributed by atoms with E-state index in [4.69, 9.17) is 9.26 Å². The molecular weight excluding hydrogens is 396 g/mol. The van der Waals surface area contributed by atoms with Gasteiger partial charge in [0.2, 0.25) is 5.91 Å². The van der Waals surface area contributed by atoms with Crippen molar-refractivity contribution in [1.82, 2.24) is 14.5 Å². The number of pyridine rings is 1. The molecule has 1 amide bonds.